The number of carbonyl (C=O) groups excluding carboxylic acids is 1. The van der Waals surface area contributed by atoms with Gasteiger partial charge in [-0.05, 0) is 68.3 Å². The molecule has 0 saturated heterocycles. The molecule has 42 heavy (non-hydrogen) atoms. The average molecular weight is 578 g/mol. The van der Waals surface area contributed by atoms with Gasteiger partial charge in [0.05, 0.1) is 41.3 Å². The number of benzene rings is 1. The van der Waals surface area contributed by atoms with Crippen LogP contribution in [0.15, 0.2) is 76.4 Å². The molecule has 1 amide bonds. The summed E-state index contributed by atoms with van der Waals surface area (Å²) in [5.74, 6) is -5.27. The Kier molecular flexibility index (Phi) is 9.05. The zero-order valence-corrected chi connectivity index (χ0v) is 22.5. The number of halogens is 2. The summed E-state index contributed by atoms with van der Waals surface area (Å²) in [5.41, 5.74) is 1.46. The predicted octanol–water partition coefficient (Wildman–Crippen LogP) is 4.61. The maximum absolute atomic E-state index is 14.0. The Labute approximate surface area is 237 Å². The fraction of sp³-hybridized carbons (Fsp3) is 0.214. The number of hydrogen-bond donors (Lipinski definition) is 3. The third-order valence-electron chi connectivity index (χ3n) is 6.06. The first kappa shape index (κ1) is 29.6. The van der Waals surface area contributed by atoms with E-state index in [1.54, 1.807) is 19.9 Å². The second-order valence-electron chi connectivity index (χ2n) is 9.11. The SMILES string of the molecule is C/C=C(\N=N/CC1=CC(F)=CC(C(=O)O)C1)c1cc(C(=O)NCC)cc(-c2cn(-c3cc(F)cc(C(=O)O)c3)nn2)n1. The van der Waals surface area contributed by atoms with Crippen LogP contribution in [0.2, 0.25) is 0 Å². The molecule has 0 radical (unpaired) electrons. The lowest BCUT2D eigenvalue weighted by molar-refractivity contribution is -0.140. The quantitative estimate of drug-likeness (QED) is 0.293. The summed E-state index contributed by atoms with van der Waals surface area (Å²) < 4.78 is 29.1. The van der Waals surface area contributed by atoms with Crippen molar-refractivity contribution in [1.82, 2.24) is 25.3 Å². The Hall–Kier alpha value is -5.40. The Balaban J connectivity index is 1.66. The molecule has 2 aromatic heterocycles. The number of amides is 1. The molecule has 1 aromatic carbocycles. The number of aromatic nitrogens is 4. The highest BCUT2D eigenvalue weighted by atomic mass is 19.1. The van der Waals surface area contributed by atoms with Gasteiger partial charge in [0, 0.05) is 12.1 Å². The standard InChI is InChI=1S/C28H25F2N7O5/c1-3-22(34-32-13-15-5-17(27(39)40)7-19(29)6-15)23-10-16(26(38)31-4-2)11-24(33-23)25-14-37(36-35-25)21-9-18(28(41)42)8-20(30)12-21/h3,6-12,14,17H,4-5,13H2,1-2H3,(H,31,38)(H,39,40)(H,41,42)/b22-3-,34-32-. The van der Waals surface area contributed by atoms with Gasteiger partial charge in [-0.15, -0.1) is 5.10 Å². The third-order valence-corrected chi connectivity index (χ3v) is 6.06. The van der Waals surface area contributed by atoms with Gasteiger partial charge >= 0.3 is 11.9 Å². The molecule has 216 valence electrons. The van der Waals surface area contributed by atoms with Crippen molar-refractivity contribution in [2.75, 3.05) is 13.1 Å². The van der Waals surface area contributed by atoms with Crippen LogP contribution in [0.3, 0.4) is 0 Å². The van der Waals surface area contributed by atoms with E-state index in [-0.39, 0.29) is 52.6 Å². The number of rotatable bonds is 10. The van der Waals surface area contributed by atoms with Crippen LogP contribution < -0.4 is 5.32 Å². The number of carboxylic acid groups (broad SMARTS) is 2. The molecule has 3 aromatic rings. The van der Waals surface area contributed by atoms with Crippen LogP contribution in [0, 0.1) is 11.7 Å². The molecule has 1 atom stereocenters. The minimum absolute atomic E-state index is 0.0501. The topological polar surface area (TPSA) is 172 Å². The highest BCUT2D eigenvalue weighted by Crippen LogP contribution is 2.26. The lowest BCUT2D eigenvalue weighted by Crippen LogP contribution is -2.23. The molecule has 2 heterocycles. The lowest BCUT2D eigenvalue weighted by Gasteiger charge is -2.14. The lowest BCUT2D eigenvalue weighted by atomic mass is 9.94. The highest BCUT2D eigenvalue weighted by Gasteiger charge is 2.22. The van der Waals surface area contributed by atoms with Gasteiger partial charge in [-0.3, -0.25) is 9.59 Å². The number of aromatic carboxylic acids is 1. The van der Waals surface area contributed by atoms with E-state index in [2.05, 4.69) is 30.8 Å². The van der Waals surface area contributed by atoms with Crippen LogP contribution >= 0.6 is 0 Å². The van der Waals surface area contributed by atoms with Crippen molar-refractivity contribution in [3.05, 3.63) is 88.8 Å². The third kappa shape index (κ3) is 7.02. The van der Waals surface area contributed by atoms with Gasteiger partial charge in [-0.2, -0.15) is 10.2 Å². The van der Waals surface area contributed by atoms with Crippen molar-refractivity contribution in [2.45, 2.75) is 20.3 Å². The molecule has 12 nitrogen and oxygen atoms in total. The summed E-state index contributed by atoms with van der Waals surface area (Å²) in [6.07, 6.45) is 5.36. The van der Waals surface area contributed by atoms with Crippen LogP contribution in [0.4, 0.5) is 8.78 Å². The van der Waals surface area contributed by atoms with E-state index >= 15 is 0 Å². The summed E-state index contributed by atoms with van der Waals surface area (Å²) >= 11 is 0. The van der Waals surface area contributed by atoms with Gasteiger partial charge in [-0.1, -0.05) is 11.3 Å². The minimum Gasteiger partial charge on any atom is -0.481 e. The van der Waals surface area contributed by atoms with Gasteiger partial charge in [0.15, 0.2) is 0 Å². The minimum atomic E-state index is -1.31. The van der Waals surface area contributed by atoms with E-state index in [1.165, 1.54) is 35.2 Å². The van der Waals surface area contributed by atoms with Gasteiger partial charge in [0.1, 0.15) is 23.0 Å². The monoisotopic (exact) mass is 577 g/mol. The summed E-state index contributed by atoms with van der Waals surface area (Å²) in [6.45, 7) is 3.75. The highest BCUT2D eigenvalue weighted by molar-refractivity contribution is 5.95. The first-order chi connectivity index (χ1) is 20.1. The predicted molar refractivity (Wildman–Crippen MR) is 146 cm³/mol. The van der Waals surface area contributed by atoms with E-state index in [0.717, 1.165) is 18.2 Å². The number of nitrogens with one attached hydrogen (secondary N) is 1. The molecular weight excluding hydrogens is 552 g/mol. The maximum Gasteiger partial charge on any atom is 0.335 e. The molecule has 3 N–H and O–H groups in total. The van der Waals surface area contributed by atoms with Gasteiger partial charge in [0.2, 0.25) is 0 Å². The van der Waals surface area contributed by atoms with Gasteiger partial charge in [-0.25, -0.2) is 23.2 Å². The van der Waals surface area contributed by atoms with Crippen LogP contribution in [0.1, 0.15) is 46.7 Å². The number of aliphatic carboxylic acids is 1. The van der Waals surface area contributed by atoms with Gasteiger partial charge < -0.3 is 15.5 Å². The molecular formula is C28H25F2N7O5. The summed E-state index contributed by atoms with van der Waals surface area (Å²) in [4.78, 5) is 39.9. The first-order valence-electron chi connectivity index (χ1n) is 12.7. The fourth-order valence-corrected chi connectivity index (χ4v) is 4.09. The zero-order valence-electron chi connectivity index (χ0n) is 22.5. The average Bonchev–Trinajstić information content (AvgIpc) is 3.45. The summed E-state index contributed by atoms with van der Waals surface area (Å²) in [7, 11) is 0. The number of carboxylic acids is 2. The number of carbonyl (C=O) groups is 3. The largest absolute Gasteiger partial charge is 0.481 e. The number of nitrogens with zero attached hydrogens (tertiary/aromatic N) is 6. The van der Waals surface area contributed by atoms with E-state index in [9.17, 15) is 33.4 Å². The maximum atomic E-state index is 14.0. The van der Waals surface area contributed by atoms with Crippen molar-refractivity contribution in [2.24, 2.45) is 16.1 Å². The number of allylic oxidation sites excluding steroid dienone is 3. The van der Waals surface area contributed by atoms with E-state index in [0.29, 0.717) is 12.1 Å². The molecule has 0 spiro atoms. The second-order valence-corrected chi connectivity index (χ2v) is 9.11. The zero-order chi connectivity index (χ0) is 30.4. The van der Waals surface area contributed by atoms with E-state index in [1.807, 2.05) is 0 Å². The van der Waals surface area contributed by atoms with Crippen LogP contribution in [-0.4, -0.2) is 61.1 Å². The Bertz CT molecular complexity index is 1680. The molecule has 0 aliphatic heterocycles. The fourth-order valence-electron chi connectivity index (χ4n) is 4.09. The molecule has 4 rings (SSSR count). The molecule has 1 unspecified atom stereocenters. The second kappa shape index (κ2) is 12.8. The molecule has 1 aliphatic rings. The summed E-state index contributed by atoms with van der Waals surface area (Å²) in [5, 5.41) is 37.5. The number of hydrogen-bond acceptors (Lipinski definition) is 8. The summed E-state index contributed by atoms with van der Waals surface area (Å²) in [6, 6.07) is 6.18. The van der Waals surface area contributed by atoms with Crippen LogP contribution in [0.5, 0.6) is 0 Å². The smallest absolute Gasteiger partial charge is 0.335 e. The van der Waals surface area contributed by atoms with Crippen LogP contribution in [-0.2, 0) is 4.79 Å². The van der Waals surface area contributed by atoms with E-state index < -0.39 is 35.4 Å². The van der Waals surface area contributed by atoms with Crippen LogP contribution in [0.25, 0.3) is 22.8 Å². The first-order valence-corrected chi connectivity index (χ1v) is 12.7. The Morgan fingerprint density at radius 3 is 2.60 bits per heavy atom. The van der Waals surface area contributed by atoms with E-state index in [4.69, 9.17) is 0 Å². The normalized spacial score (nSPS) is 15.3. The molecule has 0 bridgehead atoms. The van der Waals surface area contributed by atoms with Crippen molar-refractivity contribution in [3.8, 4) is 17.1 Å². The molecule has 14 heteroatoms. The van der Waals surface area contributed by atoms with Crippen molar-refractivity contribution < 1.29 is 33.4 Å². The number of pyridine rings is 1. The van der Waals surface area contributed by atoms with Crippen molar-refractivity contribution in [3.63, 3.8) is 0 Å². The van der Waals surface area contributed by atoms with Crippen molar-refractivity contribution >= 4 is 23.5 Å². The molecule has 1 aliphatic carbocycles. The Morgan fingerprint density at radius 1 is 1.12 bits per heavy atom. The molecule has 0 fully saturated rings. The Morgan fingerprint density at radius 2 is 1.90 bits per heavy atom. The number of azo groups is 1. The molecule has 0 saturated carbocycles. The van der Waals surface area contributed by atoms with Crippen molar-refractivity contribution in [1.29, 1.82) is 0 Å². The van der Waals surface area contributed by atoms with Gasteiger partial charge in [0.25, 0.3) is 5.91 Å².